The summed E-state index contributed by atoms with van der Waals surface area (Å²) < 4.78 is 3.22. The van der Waals surface area contributed by atoms with Gasteiger partial charge in [-0.15, -0.1) is 0 Å². The largest absolute Gasteiger partial charge is 0.480 e. The van der Waals surface area contributed by atoms with E-state index >= 15 is 0 Å². The number of hydrogen-bond donors (Lipinski definition) is 3. The molecule has 2 aliphatic rings. The van der Waals surface area contributed by atoms with Gasteiger partial charge in [-0.3, -0.25) is 34.1 Å². The molecule has 1 aromatic heterocycles. The number of amides is 2. The average Bonchev–Trinajstić information content (AvgIpc) is 3.64. The fourth-order valence-electron chi connectivity index (χ4n) is 7.60. The van der Waals surface area contributed by atoms with Crippen LogP contribution in [0, 0.1) is 18.8 Å². The van der Waals surface area contributed by atoms with E-state index < -0.39 is 41.2 Å². The highest BCUT2D eigenvalue weighted by Crippen LogP contribution is 2.50. The molecule has 4 atom stereocenters. The van der Waals surface area contributed by atoms with Gasteiger partial charge in [0.05, 0.1) is 29.1 Å². The summed E-state index contributed by atoms with van der Waals surface area (Å²) in [7, 11) is 1.76. The molecular weight excluding hydrogens is 606 g/mol. The summed E-state index contributed by atoms with van der Waals surface area (Å²) in [6.45, 7) is 2.75. The van der Waals surface area contributed by atoms with Crippen molar-refractivity contribution < 1.29 is 19.5 Å². The molecule has 3 N–H and O–H groups in total. The topological polar surface area (TPSA) is 126 Å². The molecule has 10 heteroatoms. The van der Waals surface area contributed by atoms with Crippen LogP contribution >= 0.6 is 0 Å². The number of carbonyl (C=O) groups excluding carboxylic acids is 2. The number of imide groups is 1. The second-order valence-electron chi connectivity index (χ2n) is 12.7. The lowest BCUT2D eigenvalue weighted by Crippen LogP contribution is -2.57. The summed E-state index contributed by atoms with van der Waals surface area (Å²) in [5, 5.41) is 19.5. The lowest BCUT2D eigenvalue weighted by atomic mass is 9.76. The van der Waals surface area contributed by atoms with E-state index in [1.54, 1.807) is 18.7 Å². The van der Waals surface area contributed by atoms with Crippen LogP contribution in [0.15, 0.2) is 108 Å². The van der Waals surface area contributed by atoms with E-state index in [2.05, 4.69) is 10.6 Å². The zero-order chi connectivity index (χ0) is 33.6. The molecular formula is C38H37N5O5. The lowest BCUT2D eigenvalue weighted by molar-refractivity contribution is -0.151. The van der Waals surface area contributed by atoms with Gasteiger partial charge in [-0.1, -0.05) is 91.0 Å². The number of carboxylic acids is 1. The van der Waals surface area contributed by atoms with Crippen LogP contribution in [-0.2, 0) is 34.4 Å². The Balaban J connectivity index is 1.29. The van der Waals surface area contributed by atoms with Crippen molar-refractivity contribution in [3.63, 3.8) is 0 Å². The van der Waals surface area contributed by atoms with Crippen molar-refractivity contribution in [2.45, 2.75) is 31.5 Å². The quantitative estimate of drug-likeness (QED) is 0.156. The Morgan fingerprint density at radius 2 is 1.52 bits per heavy atom. The zero-order valence-electron chi connectivity index (χ0n) is 26.8. The Morgan fingerprint density at radius 1 is 0.854 bits per heavy atom. The van der Waals surface area contributed by atoms with Gasteiger partial charge >= 0.3 is 5.97 Å². The highest BCUT2D eigenvalue weighted by Gasteiger charge is 2.69. The van der Waals surface area contributed by atoms with Gasteiger partial charge in [0.1, 0.15) is 5.54 Å². The number of carbonyl (C=O) groups is 3. The summed E-state index contributed by atoms with van der Waals surface area (Å²) >= 11 is 0. The Morgan fingerprint density at radius 3 is 2.23 bits per heavy atom. The summed E-state index contributed by atoms with van der Waals surface area (Å²) in [6, 6.07) is 31.4. The molecule has 7 rings (SSSR count). The van der Waals surface area contributed by atoms with Crippen LogP contribution in [0.5, 0.6) is 0 Å². The summed E-state index contributed by atoms with van der Waals surface area (Å²) in [6.07, 6.45) is -0.0529. The molecule has 10 nitrogen and oxygen atoms in total. The van der Waals surface area contributed by atoms with Crippen LogP contribution in [0.3, 0.4) is 0 Å². The van der Waals surface area contributed by atoms with Crippen LogP contribution in [0.25, 0.3) is 16.5 Å². The van der Waals surface area contributed by atoms with E-state index in [1.165, 1.54) is 9.58 Å². The average molecular weight is 644 g/mol. The van der Waals surface area contributed by atoms with Crippen LogP contribution in [-0.4, -0.2) is 55.8 Å². The van der Waals surface area contributed by atoms with Crippen molar-refractivity contribution in [2.24, 2.45) is 18.9 Å². The minimum Gasteiger partial charge on any atom is -0.480 e. The first-order chi connectivity index (χ1) is 23.2. The normalized spacial score (nSPS) is 22.0. The molecule has 2 amide bonds. The predicted molar refractivity (Wildman–Crippen MR) is 181 cm³/mol. The molecule has 2 fully saturated rings. The van der Waals surface area contributed by atoms with E-state index in [0.717, 1.165) is 16.3 Å². The van der Waals surface area contributed by atoms with Gasteiger partial charge < -0.3 is 10.4 Å². The van der Waals surface area contributed by atoms with E-state index in [4.69, 9.17) is 0 Å². The molecule has 0 aliphatic carbocycles. The van der Waals surface area contributed by atoms with Crippen molar-refractivity contribution in [3.05, 3.63) is 136 Å². The van der Waals surface area contributed by atoms with Crippen molar-refractivity contribution >= 4 is 28.6 Å². The molecule has 0 radical (unpaired) electrons. The number of nitrogens with one attached hydrogen (secondary N) is 2. The summed E-state index contributed by atoms with van der Waals surface area (Å²) in [5.41, 5.74) is 1.05. The highest BCUT2D eigenvalue weighted by molar-refractivity contribution is 6.09. The number of aromatic nitrogens is 2. The van der Waals surface area contributed by atoms with E-state index in [9.17, 15) is 24.3 Å². The maximum absolute atomic E-state index is 14.3. The van der Waals surface area contributed by atoms with E-state index in [1.807, 2.05) is 103 Å². The minimum atomic E-state index is -1.84. The van der Waals surface area contributed by atoms with Crippen molar-refractivity contribution in [3.8, 4) is 5.69 Å². The van der Waals surface area contributed by atoms with Crippen LogP contribution in [0.4, 0.5) is 0 Å². The Labute approximate surface area is 277 Å². The summed E-state index contributed by atoms with van der Waals surface area (Å²) in [5.74, 6) is -4.56. The number of fused-ring (bicyclic) bond motifs is 2. The molecule has 0 saturated carbocycles. The van der Waals surface area contributed by atoms with Gasteiger partial charge in [-0.05, 0) is 41.0 Å². The highest BCUT2D eigenvalue weighted by atomic mass is 16.4. The third-order valence-electron chi connectivity index (χ3n) is 10.0. The first-order valence-electron chi connectivity index (χ1n) is 16.1. The van der Waals surface area contributed by atoms with Gasteiger partial charge in [0.15, 0.2) is 0 Å². The first-order valence-corrected chi connectivity index (χ1v) is 16.1. The smallest absolute Gasteiger partial charge is 0.325 e. The Bertz CT molecular complexity index is 2090. The third kappa shape index (κ3) is 5.14. The van der Waals surface area contributed by atoms with Crippen molar-refractivity contribution in [1.29, 1.82) is 0 Å². The maximum Gasteiger partial charge on any atom is 0.325 e. The molecule has 0 bridgehead atoms. The molecule has 2 saturated heterocycles. The number of likely N-dealkylation sites (tertiary alicyclic amines) is 1. The third-order valence-corrected chi connectivity index (χ3v) is 10.0. The zero-order valence-corrected chi connectivity index (χ0v) is 26.8. The van der Waals surface area contributed by atoms with Crippen LogP contribution in [0.2, 0.25) is 0 Å². The number of benzene rings is 4. The van der Waals surface area contributed by atoms with Gasteiger partial charge in [0.25, 0.3) is 5.56 Å². The molecule has 3 heterocycles. The van der Waals surface area contributed by atoms with Gasteiger partial charge in [0.2, 0.25) is 11.8 Å². The number of carboxylic acid groups (broad SMARTS) is 1. The monoisotopic (exact) mass is 643 g/mol. The second kappa shape index (κ2) is 12.4. The van der Waals surface area contributed by atoms with Crippen LogP contribution in [0.1, 0.15) is 28.4 Å². The predicted octanol–water partition coefficient (Wildman–Crippen LogP) is 3.74. The Kier molecular flexibility index (Phi) is 8.06. The molecule has 5 aromatic rings. The maximum atomic E-state index is 14.3. The fourth-order valence-corrected chi connectivity index (χ4v) is 7.60. The van der Waals surface area contributed by atoms with Crippen molar-refractivity contribution in [2.75, 3.05) is 13.1 Å². The summed E-state index contributed by atoms with van der Waals surface area (Å²) in [4.78, 5) is 57.5. The fraction of sp³-hybridized carbons (Fsp3) is 0.263. The minimum absolute atomic E-state index is 0.0529. The number of aliphatic carboxylic acids is 1. The number of nitrogens with zero attached hydrogens (tertiary/aromatic N) is 3. The molecule has 48 heavy (non-hydrogen) atoms. The van der Waals surface area contributed by atoms with E-state index in [0.29, 0.717) is 30.0 Å². The molecule has 0 spiro atoms. The van der Waals surface area contributed by atoms with Crippen LogP contribution < -0.4 is 16.2 Å². The first kappa shape index (κ1) is 31.3. The van der Waals surface area contributed by atoms with E-state index in [-0.39, 0.29) is 24.1 Å². The van der Waals surface area contributed by atoms with Crippen molar-refractivity contribution in [1.82, 2.24) is 24.9 Å². The number of hydrogen-bond acceptors (Lipinski definition) is 6. The Hall–Kier alpha value is -5.32. The SMILES string of the molecule is Cc1c(C2NC(Cc3ccc4ccccc4c3)(C(=O)O)C3C(=O)N(CCNCc4ccccc4)C(=O)C23)c(=O)n(-c2ccccc2)n1C. The van der Waals surface area contributed by atoms with Gasteiger partial charge in [-0.25, -0.2) is 4.68 Å². The second-order valence-corrected chi connectivity index (χ2v) is 12.7. The molecule has 2 aliphatic heterocycles. The number of rotatable bonds is 10. The van der Waals surface area contributed by atoms with Gasteiger partial charge in [0, 0.05) is 38.8 Å². The molecule has 4 aromatic carbocycles. The molecule has 244 valence electrons. The standard InChI is InChI=1S/C38H37N5O5/c1-24-30(35(45)43(41(24)2)29-15-7-4-8-16-29)33-31-32(36(46)42(34(31)44)20-19-39-23-25-11-5-3-6-12-25)38(40-33,37(47)48)22-26-17-18-27-13-9-10-14-28(27)21-26/h3-18,21,31-33,39-40H,19-20,22-23H2,1-2H3,(H,47,48). The van der Waals surface area contributed by atoms with Gasteiger partial charge in [-0.2, -0.15) is 0 Å². The number of para-hydroxylation sites is 1. The lowest BCUT2D eigenvalue weighted by Gasteiger charge is -2.31. The molecule has 4 unspecified atom stereocenters.